The summed E-state index contributed by atoms with van der Waals surface area (Å²) in [6.07, 6.45) is 1.39. The molecule has 0 fully saturated rings. The van der Waals surface area contributed by atoms with Crippen LogP contribution in [0.15, 0.2) is 0 Å². The van der Waals surface area contributed by atoms with E-state index in [0.29, 0.717) is 25.3 Å². The van der Waals surface area contributed by atoms with Crippen LogP contribution in [0.2, 0.25) is 0 Å². The lowest BCUT2D eigenvalue weighted by Crippen LogP contribution is -2.26. The van der Waals surface area contributed by atoms with Crippen LogP contribution in [0, 0.1) is 0 Å². The van der Waals surface area contributed by atoms with Crippen molar-refractivity contribution in [2.24, 2.45) is 0 Å². The summed E-state index contributed by atoms with van der Waals surface area (Å²) in [6.45, 7) is 2.44. The molecule has 1 unspecified atom stereocenters. The summed E-state index contributed by atoms with van der Waals surface area (Å²) in [5.41, 5.74) is 0. The topological polar surface area (TPSA) is 49.3 Å². The Bertz CT molecular complexity index is 130. The molecule has 0 spiro atoms. The molecule has 2 N–H and O–H groups in total. The lowest BCUT2D eigenvalue weighted by molar-refractivity contribution is -0.120. The van der Waals surface area contributed by atoms with Crippen molar-refractivity contribution in [1.82, 2.24) is 5.32 Å². The van der Waals surface area contributed by atoms with Crippen LogP contribution in [0.25, 0.3) is 0 Å². The number of rotatable bonds is 6. The first-order valence-corrected chi connectivity index (χ1v) is 4.74. The van der Waals surface area contributed by atoms with E-state index >= 15 is 0 Å². The average molecular weight is 194 g/mol. The molecule has 0 rings (SSSR count). The Labute approximate surface area is 78.1 Å². The van der Waals surface area contributed by atoms with Gasteiger partial charge in [0.25, 0.3) is 0 Å². The summed E-state index contributed by atoms with van der Waals surface area (Å²) in [7, 11) is 0. The lowest BCUT2D eigenvalue weighted by Gasteiger charge is -2.07. The normalized spacial score (nSPS) is 12.6. The fraction of sp³-hybridized carbons (Fsp3) is 0.875. The first-order valence-electron chi connectivity index (χ1n) is 4.21. The fourth-order valence-corrected chi connectivity index (χ4v) is 0.928. The minimum absolute atomic E-state index is 0.0479. The maximum absolute atomic E-state index is 10.8. The highest BCUT2D eigenvalue weighted by Crippen LogP contribution is 1.94. The number of nitrogens with one attached hydrogen (secondary N) is 1. The van der Waals surface area contributed by atoms with Gasteiger partial charge in [-0.1, -0.05) is 6.92 Å². The van der Waals surface area contributed by atoms with Crippen LogP contribution in [0.4, 0.5) is 0 Å². The molecule has 1 atom stereocenters. The molecular formula is C8H16ClNO2. The Kier molecular flexibility index (Phi) is 7.20. The standard InChI is InChI=1S/C8H16ClNO2/c1-2-7(11)4-6-10-8(12)3-5-9/h7,11H,2-6H2,1H3,(H,10,12). The van der Waals surface area contributed by atoms with E-state index in [1.807, 2.05) is 6.92 Å². The Balaban J connectivity index is 3.24. The van der Waals surface area contributed by atoms with E-state index in [0.717, 1.165) is 6.42 Å². The quantitative estimate of drug-likeness (QED) is 0.616. The molecule has 1 amide bonds. The third kappa shape index (κ3) is 6.43. The number of carbonyl (C=O) groups excluding carboxylic acids is 1. The van der Waals surface area contributed by atoms with E-state index in [1.54, 1.807) is 0 Å². The van der Waals surface area contributed by atoms with Crippen LogP contribution < -0.4 is 5.32 Å². The van der Waals surface area contributed by atoms with Gasteiger partial charge in [0, 0.05) is 18.8 Å². The smallest absolute Gasteiger partial charge is 0.221 e. The van der Waals surface area contributed by atoms with Gasteiger partial charge in [-0.3, -0.25) is 4.79 Å². The minimum Gasteiger partial charge on any atom is -0.393 e. The van der Waals surface area contributed by atoms with Gasteiger partial charge in [0.15, 0.2) is 0 Å². The molecule has 0 aromatic carbocycles. The van der Waals surface area contributed by atoms with Crippen LogP contribution in [0.3, 0.4) is 0 Å². The molecule has 0 aliphatic rings. The van der Waals surface area contributed by atoms with Gasteiger partial charge in [-0.15, -0.1) is 11.6 Å². The number of carbonyl (C=O) groups is 1. The molecule has 72 valence electrons. The molecule has 0 heterocycles. The highest BCUT2D eigenvalue weighted by atomic mass is 35.5. The highest BCUT2D eigenvalue weighted by molar-refractivity contribution is 6.18. The zero-order valence-electron chi connectivity index (χ0n) is 7.35. The average Bonchev–Trinajstić information content (AvgIpc) is 2.04. The van der Waals surface area contributed by atoms with Gasteiger partial charge in [0.2, 0.25) is 5.91 Å². The van der Waals surface area contributed by atoms with Gasteiger partial charge in [-0.2, -0.15) is 0 Å². The first-order chi connectivity index (χ1) is 5.70. The molecule has 0 saturated carbocycles. The van der Waals surface area contributed by atoms with Gasteiger partial charge in [0.1, 0.15) is 0 Å². The maximum Gasteiger partial charge on any atom is 0.221 e. The summed E-state index contributed by atoms with van der Waals surface area (Å²) in [4.78, 5) is 10.8. The number of aliphatic hydroxyl groups excluding tert-OH is 1. The molecule has 12 heavy (non-hydrogen) atoms. The SMILES string of the molecule is CCC(O)CCNC(=O)CCCl. The second-order valence-electron chi connectivity index (χ2n) is 2.64. The Morgan fingerprint density at radius 3 is 2.83 bits per heavy atom. The monoisotopic (exact) mass is 193 g/mol. The molecule has 0 radical (unpaired) electrons. The van der Waals surface area contributed by atoms with Gasteiger partial charge >= 0.3 is 0 Å². The van der Waals surface area contributed by atoms with Crippen molar-refractivity contribution >= 4 is 17.5 Å². The summed E-state index contributed by atoms with van der Waals surface area (Å²) in [5, 5.41) is 11.8. The number of aliphatic hydroxyl groups is 1. The molecule has 0 aliphatic heterocycles. The predicted molar refractivity (Wildman–Crippen MR) is 49.3 cm³/mol. The molecule has 0 saturated heterocycles. The fourth-order valence-electron chi connectivity index (χ4n) is 0.757. The first kappa shape index (κ1) is 11.7. The van der Waals surface area contributed by atoms with Gasteiger partial charge in [-0.05, 0) is 12.8 Å². The van der Waals surface area contributed by atoms with E-state index in [4.69, 9.17) is 16.7 Å². The summed E-state index contributed by atoms with van der Waals surface area (Å²) >= 11 is 5.35. The van der Waals surface area contributed by atoms with Gasteiger partial charge in [0.05, 0.1) is 6.10 Å². The van der Waals surface area contributed by atoms with E-state index in [-0.39, 0.29) is 12.0 Å². The number of amides is 1. The van der Waals surface area contributed by atoms with Crippen molar-refractivity contribution < 1.29 is 9.90 Å². The summed E-state index contributed by atoms with van der Waals surface area (Å²) in [6, 6.07) is 0. The molecule has 4 heteroatoms. The van der Waals surface area contributed by atoms with E-state index in [9.17, 15) is 4.79 Å². The van der Waals surface area contributed by atoms with Crippen molar-refractivity contribution in [2.75, 3.05) is 12.4 Å². The third-order valence-electron chi connectivity index (χ3n) is 1.59. The van der Waals surface area contributed by atoms with Gasteiger partial charge in [-0.25, -0.2) is 0 Å². The number of alkyl halides is 1. The molecular weight excluding hydrogens is 178 g/mol. The summed E-state index contributed by atoms with van der Waals surface area (Å²) < 4.78 is 0. The predicted octanol–water partition coefficient (Wildman–Crippen LogP) is 0.892. The number of hydrogen-bond acceptors (Lipinski definition) is 2. The van der Waals surface area contributed by atoms with Crippen LogP contribution in [0.1, 0.15) is 26.2 Å². The Morgan fingerprint density at radius 1 is 1.67 bits per heavy atom. The van der Waals surface area contributed by atoms with Crippen molar-refractivity contribution in [1.29, 1.82) is 0 Å². The van der Waals surface area contributed by atoms with Crippen LogP contribution in [-0.2, 0) is 4.79 Å². The highest BCUT2D eigenvalue weighted by Gasteiger charge is 2.02. The minimum atomic E-state index is -0.304. The van der Waals surface area contributed by atoms with Crippen molar-refractivity contribution in [3.8, 4) is 0 Å². The second-order valence-corrected chi connectivity index (χ2v) is 3.02. The molecule has 0 bridgehead atoms. The molecule has 3 nitrogen and oxygen atoms in total. The zero-order valence-corrected chi connectivity index (χ0v) is 8.10. The van der Waals surface area contributed by atoms with Crippen molar-refractivity contribution in [3.05, 3.63) is 0 Å². The number of halogens is 1. The zero-order chi connectivity index (χ0) is 9.40. The van der Waals surface area contributed by atoms with Crippen LogP contribution >= 0.6 is 11.6 Å². The van der Waals surface area contributed by atoms with Crippen LogP contribution in [-0.4, -0.2) is 29.5 Å². The van der Waals surface area contributed by atoms with Crippen LogP contribution in [0.5, 0.6) is 0 Å². The third-order valence-corrected chi connectivity index (χ3v) is 1.78. The maximum atomic E-state index is 10.8. The molecule has 0 aliphatic carbocycles. The lowest BCUT2D eigenvalue weighted by atomic mass is 10.2. The van der Waals surface area contributed by atoms with Crippen molar-refractivity contribution in [2.45, 2.75) is 32.3 Å². The largest absolute Gasteiger partial charge is 0.393 e. The Hall–Kier alpha value is -0.280. The summed E-state index contributed by atoms with van der Waals surface area (Å²) in [5.74, 6) is 0.302. The van der Waals surface area contributed by atoms with Crippen molar-refractivity contribution in [3.63, 3.8) is 0 Å². The van der Waals surface area contributed by atoms with E-state index in [2.05, 4.69) is 5.32 Å². The molecule has 0 aromatic rings. The second kappa shape index (κ2) is 7.37. The van der Waals surface area contributed by atoms with E-state index in [1.165, 1.54) is 0 Å². The molecule has 0 aromatic heterocycles. The van der Waals surface area contributed by atoms with Gasteiger partial charge < -0.3 is 10.4 Å². The number of hydrogen-bond donors (Lipinski definition) is 2. The van der Waals surface area contributed by atoms with E-state index < -0.39 is 0 Å². The Morgan fingerprint density at radius 2 is 2.33 bits per heavy atom.